The molecule has 0 radical (unpaired) electrons. The van der Waals surface area contributed by atoms with Gasteiger partial charge in [-0.25, -0.2) is 18.0 Å². The fraction of sp³-hybridized carbons (Fsp3) is 0.222. The molecule has 0 aromatic heterocycles. The van der Waals surface area contributed by atoms with Crippen molar-refractivity contribution >= 4 is 5.97 Å². The number of benzene rings is 1. The van der Waals surface area contributed by atoms with Crippen LogP contribution in [0.25, 0.3) is 0 Å². The second kappa shape index (κ2) is 4.13. The van der Waals surface area contributed by atoms with Crippen LogP contribution in [0.15, 0.2) is 18.2 Å². The minimum atomic E-state index is -2.74. The fourth-order valence-corrected chi connectivity index (χ4v) is 0.945. The molecule has 1 aromatic carbocycles. The third kappa shape index (κ3) is 2.04. The normalized spacial score (nSPS) is 10.4. The fourth-order valence-electron chi connectivity index (χ4n) is 0.945. The minimum absolute atomic E-state index is 0.410. The maximum Gasteiger partial charge on any atom is 0.340 e. The molecule has 0 heterocycles. The van der Waals surface area contributed by atoms with E-state index >= 15 is 0 Å². The molecule has 1 rings (SSSR count). The molecule has 0 amide bonds. The Balaban J connectivity index is 3.15. The second-order valence-electron chi connectivity index (χ2n) is 2.53. The second-order valence-corrected chi connectivity index (χ2v) is 2.53. The Hall–Kier alpha value is -1.52. The van der Waals surface area contributed by atoms with Gasteiger partial charge >= 0.3 is 5.97 Å². The Bertz CT molecular complexity index is 350. The summed E-state index contributed by atoms with van der Waals surface area (Å²) in [7, 11) is 1.05. The molecule has 0 unspecified atom stereocenters. The van der Waals surface area contributed by atoms with Gasteiger partial charge in [-0.2, -0.15) is 0 Å². The first-order chi connectivity index (χ1) is 6.56. The summed E-state index contributed by atoms with van der Waals surface area (Å²) in [6, 6.07) is 2.52. The first-order valence-corrected chi connectivity index (χ1v) is 3.72. The minimum Gasteiger partial charge on any atom is -0.465 e. The van der Waals surface area contributed by atoms with Gasteiger partial charge in [-0.3, -0.25) is 0 Å². The molecule has 14 heavy (non-hydrogen) atoms. The first kappa shape index (κ1) is 10.6. The maximum atomic E-state index is 12.9. The molecule has 0 saturated heterocycles. The maximum absolute atomic E-state index is 12.9. The van der Waals surface area contributed by atoms with Gasteiger partial charge in [-0.05, 0) is 12.1 Å². The van der Waals surface area contributed by atoms with Crippen molar-refractivity contribution in [2.45, 2.75) is 6.43 Å². The number of carbonyl (C=O) groups is 1. The average Bonchev–Trinajstić information content (AvgIpc) is 2.17. The molecular weight excluding hydrogens is 197 g/mol. The number of carbonyl (C=O) groups excluding carboxylic acids is 1. The molecule has 0 saturated carbocycles. The smallest absolute Gasteiger partial charge is 0.340 e. The van der Waals surface area contributed by atoms with Crippen LogP contribution in [-0.4, -0.2) is 13.1 Å². The predicted octanol–water partition coefficient (Wildman–Crippen LogP) is 2.55. The summed E-state index contributed by atoms with van der Waals surface area (Å²) in [6.45, 7) is 0. The van der Waals surface area contributed by atoms with Crippen LogP contribution in [0.5, 0.6) is 0 Å². The third-order valence-corrected chi connectivity index (χ3v) is 1.65. The number of rotatable bonds is 2. The van der Waals surface area contributed by atoms with Crippen LogP contribution in [0.1, 0.15) is 22.3 Å². The summed E-state index contributed by atoms with van der Waals surface area (Å²) in [5, 5.41) is 0. The molecule has 2 nitrogen and oxygen atoms in total. The first-order valence-electron chi connectivity index (χ1n) is 3.72. The summed E-state index contributed by atoms with van der Waals surface area (Å²) in [4.78, 5) is 10.9. The van der Waals surface area contributed by atoms with Gasteiger partial charge in [-0.15, -0.1) is 0 Å². The van der Waals surface area contributed by atoms with E-state index in [9.17, 15) is 18.0 Å². The van der Waals surface area contributed by atoms with Crippen molar-refractivity contribution in [3.05, 3.63) is 35.1 Å². The van der Waals surface area contributed by atoms with Crippen LogP contribution in [0.3, 0.4) is 0 Å². The van der Waals surface area contributed by atoms with Gasteiger partial charge in [-0.1, -0.05) is 6.07 Å². The zero-order chi connectivity index (χ0) is 10.7. The summed E-state index contributed by atoms with van der Waals surface area (Å²) in [5.74, 6) is -1.84. The van der Waals surface area contributed by atoms with Crippen molar-refractivity contribution in [1.82, 2.24) is 0 Å². The summed E-state index contributed by atoms with van der Waals surface area (Å²) < 4.78 is 41.5. The Morgan fingerprint density at radius 2 is 2.07 bits per heavy atom. The van der Waals surface area contributed by atoms with E-state index in [1.807, 2.05) is 0 Å². The lowest BCUT2D eigenvalue weighted by molar-refractivity contribution is 0.0595. The highest BCUT2D eigenvalue weighted by atomic mass is 19.3. The molecule has 0 aliphatic carbocycles. The van der Waals surface area contributed by atoms with Crippen LogP contribution < -0.4 is 0 Å². The third-order valence-electron chi connectivity index (χ3n) is 1.65. The number of methoxy groups -OCH3 is 1. The van der Waals surface area contributed by atoms with Crippen molar-refractivity contribution < 1.29 is 22.7 Å². The molecular formula is C9H7F3O2. The Morgan fingerprint density at radius 1 is 1.43 bits per heavy atom. The topological polar surface area (TPSA) is 26.3 Å². The number of halogens is 3. The lowest BCUT2D eigenvalue weighted by Gasteiger charge is -2.04. The summed E-state index contributed by atoms with van der Waals surface area (Å²) in [6.07, 6.45) is -2.74. The largest absolute Gasteiger partial charge is 0.465 e. The molecule has 0 N–H and O–H groups in total. The van der Waals surface area contributed by atoms with Gasteiger partial charge in [0.25, 0.3) is 6.43 Å². The molecule has 0 aliphatic rings. The molecule has 0 spiro atoms. The average molecular weight is 204 g/mol. The van der Waals surface area contributed by atoms with E-state index in [1.54, 1.807) is 0 Å². The molecule has 76 valence electrons. The van der Waals surface area contributed by atoms with Crippen LogP contribution >= 0.6 is 0 Å². The van der Waals surface area contributed by atoms with Crippen LogP contribution in [0.4, 0.5) is 13.2 Å². The van der Waals surface area contributed by atoms with Crippen molar-refractivity contribution in [3.63, 3.8) is 0 Å². The van der Waals surface area contributed by atoms with E-state index in [4.69, 9.17) is 0 Å². The Morgan fingerprint density at radius 3 is 2.57 bits per heavy atom. The number of esters is 1. The monoisotopic (exact) mass is 204 g/mol. The van der Waals surface area contributed by atoms with E-state index < -0.39 is 29.3 Å². The zero-order valence-corrected chi connectivity index (χ0v) is 7.26. The van der Waals surface area contributed by atoms with Crippen molar-refractivity contribution in [3.8, 4) is 0 Å². The highest BCUT2D eigenvalue weighted by Crippen LogP contribution is 2.21. The Kier molecular flexibility index (Phi) is 3.11. The molecule has 0 bridgehead atoms. The molecule has 1 aromatic rings. The molecule has 0 aliphatic heterocycles. The van der Waals surface area contributed by atoms with E-state index in [0.717, 1.165) is 25.3 Å². The highest BCUT2D eigenvalue weighted by Gasteiger charge is 2.16. The van der Waals surface area contributed by atoms with Gasteiger partial charge in [0.15, 0.2) is 0 Å². The van der Waals surface area contributed by atoms with Gasteiger partial charge in [0.05, 0.1) is 12.7 Å². The number of hydrogen-bond donors (Lipinski definition) is 0. The zero-order valence-electron chi connectivity index (χ0n) is 7.26. The van der Waals surface area contributed by atoms with Crippen LogP contribution in [0, 0.1) is 5.82 Å². The van der Waals surface area contributed by atoms with Gasteiger partial charge < -0.3 is 4.74 Å². The van der Waals surface area contributed by atoms with E-state index in [0.29, 0.717) is 0 Å². The van der Waals surface area contributed by atoms with Crippen LogP contribution in [0.2, 0.25) is 0 Å². The van der Waals surface area contributed by atoms with E-state index in [2.05, 4.69) is 4.74 Å². The highest BCUT2D eigenvalue weighted by molar-refractivity contribution is 5.89. The predicted molar refractivity (Wildman–Crippen MR) is 42.7 cm³/mol. The molecule has 0 fully saturated rings. The lowest BCUT2D eigenvalue weighted by atomic mass is 10.1. The van der Waals surface area contributed by atoms with Crippen molar-refractivity contribution in [2.75, 3.05) is 7.11 Å². The Labute approximate surface area is 78.3 Å². The van der Waals surface area contributed by atoms with E-state index in [-0.39, 0.29) is 0 Å². The van der Waals surface area contributed by atoms with Gasteiger partial charge in [0, 0.05) is 5.56 Å². The van der Waals surface area contributed by atoms with Crippen molar-refractivity contribution in [2.24, 2.45) is 0 Å². The van der Waals surface area contributed by atoms with Crippen LogP contribution in [-0.2, 0) is 4.74 Å². The lowest BCUT2D eigenvalue weighted by Crippen LogP contribution is -2.05. The quantitative estimate of drug-likeness (QED) is 0.692. The van der Waals surface area contributed by atoms with E-state index in [1.165, 1.54) is 0 Å². The SMILES string of the molecule is COC(=O)c1cc(C(F)F)ccc1F. The van der Waals surface area contributed by atoms with Gasteiger partial charge in [0.1, 0.15) is 5.82 Å². The number of ether oxygens (including phenoxy) is 1. The summed E-state index contributed by atoms with van der Waals surface area (Å²) >= 11 is 0. The summed E-state index contributed by atoms with van der Waals surface area (Å²) in [5.41, 5.74) is -0.892. The molecule has 5 heteroatoms. The van der Waals surface area contributed by atoms with Crippen molar-refractivity contribution in [1.29, 1.82) is 0 Å². The standard InChI is InChI=1S/C9H7F3O2/c1-14-9(13)6-4-5(8(11)12)2-3-7(6)10/h2-4,8H,1H3. The molecule has 0 atom stereocenters. The van der Waals surface area contributed by atoms with Gasteiger partial charge in [0.2, 0.25) is 0 Å². The number of hydrogen-bond acceptors (Lipinski definition) is 2. The number of alkyl halides is 2.